The van der Waals surface area contributed by atoms with Crippen LogP contribution in [0.15, 0.2) is 54.9 Å². The molecule has 7 nitrogen and oxygen atoms in total. The number of pyridine rings is 1. The summed E-state index contributed by atoms with van der Waals surface area (Å²) in [4.78, 5) is 22.2. The zero-order chi connectivity index (χ0) is 27.9. The number of hydrogen-bond donors (Lipinski definition) is 2. The minimum atomic E-state index is -0.0725. The van der Waals surface area contributed by atoms with E-state index in [4.69, 9.17) is 4.74 Å². The van der Waals surface area contributed by atoms with Crippen molar-refractivity contribution in [3.8, 4) is 11.5 Å². The molecular weight excluding hydrogens is 488 g/mol. The second-order valence-electron chi connectivity index (χ2n) is 10.7. The van der Waals surface area contributed by atoms with Crippen molar-refractivity contribution in [2.24, 2.45) is 0 Å². The number of nitrogens with one attached hydrogen (secondary N) is 1. The average Bonchev–Trinajstić information content (AvgIpc) is 2.92. The molecule has 1 aliphatic heterocycles. The number of rotatable bonds is 10. The van der Waals surface area contributed by atoms with Crippen molar-refractivity contribution in [2.45, 2.75) is 65.6 Å². The normalized spacial score (nSPS) is 15.1. The fraction of sp³-hybridized carbons (Fsp3) is 0.438. The number of likely N-dealkylation sites (tertiary alicyclic amines) is 1. The number of phenols is 1. The summed E-state index contributed by atoms with van der Waals surface area (Å²) in [6, 6.07) is 14.5. The fourth-order valence-corrected chi connectivity index (χ4v) is 5.65. The molecule has 4 rings (SSSR count). The van der Waals surface area contributed by atoms with E-state index in [1.54, 1.807) is 19.2 Å². The largest absolute Gasteiger partial charge is 0.508 e. The molecule has 2 N–H and O–H groups in total. The molecule has 7 heteroatoms. The molecule has 0 saturated carbocycles. The number of carbonyl (C=O) groups excluding carboxylic acids is 1. The van der Waals surface area contributed by atoms with Crippen LogP contribution in [-0.2, 0) is 6.54 Å². The standard InChI is InChI=1S/C32H42N4O3/c1-22-10-14-33-20-26(22)21-36(27-6-8-30(39-5)9-7-27)28-12-16-35(17-13-28)25(4)11-15-34-32(38)31-23(2)18-29(37)19-24(31)3/h6-10,14,18-20,25,28,37H,11-13,15-17,21H2,1-5H3,(H,34,38)/t25-/m1/s1. The third kappa shape index (κ3) is 7.09. The van der Waals surface area contributed by atoms with Crippen LogP contribution >= 0.6 is 0 Å². The van der Waals surface area contributed by atoms with Gasteiger partial charge in [-0.15, -0.1) is 0 Å². The van der Waals surface area contributed by atoms with Gasteiger partial charge in [0.1, 0.15) is 11.5 Å². The average molecular weight is 531 g/mol. The number of piperidine rings is 1. The van der Waals surface area contributed by atoms with Crippen molar-refractivity contribution in [3.63, 3.8) is 0 Å². The van der Waals surface area contributed by atoms with Crippen molar-refractivity contribution in [1.82, 2.24) is 15.2 Å². The van der Waals surface area contributed by atoms with Crippen LogP contribution in [-0.4, -0.2) is 59.7 Å². The maximum absolute atomic E-state index is 12.8. The summed E-state index contributed by atoms with van der Waals surface area (Å²) < 4.78 is 5.39. The maximum atomic E-state index is 12.8. The van der Waals surface area contributed by atoms with Crippen LogP contribution < -0.4 is 15.0 Å². The predicted molar refractivity (Wildman–Crippen MR) is 157 cm³/mol. The molecule has 1 aliphatic rings. The van der Waals surface area contributed by atoms with Crippen molar-refractivity contribution >= 4 is 11.6 Å². The second kappa shape index (κ2) is 13.0. The molecule has 1 fully saturated rings. The van der Waals surface area contributed by atoms with Crippen molar-refractivity contribution in [3.05, 3.63) is 82.7 Å². The number of aromatic hydroxyl groups is 1. The second-order valence-corrected chi connectivity index (χ2v) is 10.7. The van der Waals surface area contributed by atoms with E-state index in [0.717, 1.165) is 55.8 Å². The first-order chi connectivity index (χ1) is 18.8. The molecule has 208 valence electrons. The number of hydrogen-bond acceptors (Lipinski definition) is 6. The van der Waals surface area contributed by atoms with Gasteiger partial charge in [0.2, 0.25) is 0 Å². The van der Waals surface area contributed by atoms with Crippen LogP contribution in [0.3, 0.4) is 0 Å². The highest BCUT2D eigenvalue weighted by atomic mass is 16.5. The van der Waals surface area contributed by atoms with Gasteiger partial charge in [0, 0.05) is 61.9 Å². The minimum absolute atomic E-state index is 0.0725. The Morgan fingerprint density at radius 1 is 1.10 bits per heavy atom. The molecule has 1 saturated heterocycles. The van der Waals surface area contributed by atoms with E-state index in [1.807, 2.05) is 38.4 Å². The third-order valence-corrected chi connectivity index (χ3v) is 8.05. The summed E-state index contributed by atoms with van der Waals surface area (Å²) in [6.07, 6.45) is 6.88. The highest BCUT2D eigenvalue weighted by Crippen LogP contribution is 2.29. The van der Waals surface area contributed by atoms with Gasteiger partial charge in [0.05, 0.1) is 7.11 Å². The Bertz CT molecular complexity index is 1230. The predicted octanol–water partition coefficient (Wildman–Crippen LogP) is 5.40. The lowest BCUT2D eigenvalue weighted by atomic mass is 9.98. The quantitative estimate of drug-likeness (QED) is 0.365. The van der Waals surface area contributed by atoms with Gasteiger partial charge in [-0.2, -0.15) is 0 Å². The number of carbonyl (C=O) groups is 1. The Hall–Kier alpha value is -3.58. The van der Waals surface area contributed by atoms with Crippen LogP contribution in [0.25, 0.3) is 0 Å². The highest BCUT2D eigenvalue weighted by Gasteiger charge is 2.27. The minimum Gasteiger partial charge on any atom is -0.508 e. The first-order valence-electron chi connectivity index (χ1n) is 13.9. The molecule has 0 spiro atoms. The zero-order valence-corrected chi connectivity index (χ0v) is 23.9. The lowest BCUT2D eigenvalue weighted by Crippen LogP contribution is -2.48. The van der Waals surface area contributed by atoms with E-state index in [-0.39, 0.29) is 11.7 Å². The van der Waals surface area contributed by atoms with Crippen molar-refractivity contribution < 1.29 is 14.6 Å². The monoisotopic (exact) mass is 530 g/mol. The number of methoxy groups -OCH3 is 1. The van der Waals surface area contributed by atoms with Crippen LogP contribution in [0.1, 0.15) is 58.8 Å². The molecule has 2 aromatic carbocycles. The molecule has 0 aliphatic carbocycles. The summed E-state index contributed by atoms with van der Waals surface area (Å²) in [6.45, 7) is 11.6. The van der Waals surface area contributed by atoms with E-state index < -0.39 is 0 Å². The van der Waals surface area contributed by atoms with Gasteiger partial charge in [-0.05, 0) is 112 Å². The molecule has 0 bridgehead atoms. The first-order valence-corrected chi connectivity index (χ1v) is 13.9. The summed E-state index contributed by atoms with van der Waals surface area (Å²) >= 11 is 0. The van der Waals surface area contributed by atoms with E-state index in [1.165, 1.54) is 16.8 Å². The Morgan fingerprint density at radius 3 is 2.38 bits per heavy atom. The van der Waals surface area contributed by atoms with E-state index >= 15 is 0 Å². The number of nitrogens with zero attached hydrogens (tertiary/aromatic N) is 3. The zero-order valence-electron chi connectivity index (χ0n) is 23.9. The molecule has 0 radical (unpaired) electrons. The molecule has 39 heavy (non-hydrogen) atoms. The SMILES string of the molecule is COc1ccc(N(Cc2cnccc2C)C2CCN([C@H](C)CCNC(=O)c3c(C)cc(O)cc3C)CC2)cc1. The number of anilines is 1. The van der Waals surface area contributed by atoms with E-state index in [9.17, 15) is 9.90 Å². The maximum Gasteiger partial charge on any atom is 0.251 e. The molecule has 2 heterocycles. The Kier molecular flexibility index (Phi) is 9.46. The summed E-state index contributed by atoms with van der Waals surface area (Å²) in [5.74, 6) is 0.985. The van der Waals surface area contributed by atoms with Crippen LogP contribution in [0.5, 0.6) is 11.5 Å². The molecular formula is C32H42N4O3. The number of benzene rings is 2. The fourth-order valence-electron chi connectivity index (χ4n) is 5.65. The molecule has 0 unspecified atom stereocenters. The number of aryl methyl sites for hydroxylation is 3. The van der Waals surface area contributed by atoms with Gasteiger partial charge in [-0.25, -0.2) is 0 Å². The molecule has 1 amide bonds. The number of amides is 1. The lowest BCUT2D eigenvalue weighted by Gasteiger charge is -2.42. The molecule has 1 atom stereocenters. The summed E-state index contributed by atoms with van der Waals surface area (Å²) in [5, 5.41) is 12.9. The lowest BCUT2D eigenvalue weighted by molar-refractivity contribution is 0.0944. The molecule has 3 aromatic rings. The topological polar surface area (TPSA) is 77.9 Å². The number of phenolic OH excluding ortho intramolecular Hbond substituents is 1. The van der Waals surface area contributed by atoms with E-state index in [2.05, 4.69) is 52.1 Å². The Labute approximate surface area is 232 Å². The van der Waals surface area contributed by atoms with Gasteiger partial charge < -0.3 is 25.0 Å². The van der Waals surface area contributed by atoms with Gasteiger partial charge in [0.15, 0.2) is 0 Å². The molecule has 1 aromatic heterocycles. The van der Waals surface area contributed by atoms with Crippen LogP contribution in [0.2, 0.25) is 0 Å². The Balaban J connectivity index is 1.34. The van der Waals surface area contributed by atoms with Crippen LogP contribution in [0, 0.1) is 20.8 Å². The van der Waals surface area contributed by atoms with Crippen molar-refractivity contribution in [1.29, 1.82) is 0 Å². The first kappa shape index (κ1) is 28.4. The number of ether oxygens (including phenoxy) is 1. The summed E-state index contributed by atoms with van der Waals surface area (Å²) in [5.41, 5.74) is 5.95. The van der Waals surface area contributed by atoms with Gasteiger partial charge in [-0.1, -0.05) is 0 Å². The van der Waals surface area contributed by atoms with Crippen LogP contribution in [0.4, 0.5) is 5.69 Å². The van der Waals surface area contributed by atoms with Gasteiger partial charge >= 0.3 is 0 Å². The van der Waals surface area contributed by atoms with Gasteiger partial charge in [-0.3, -0.25) is 9.78 Å². The van der Waals surface area contributed by atoms with E-state index in [0.29, 0.717) is 24.2 Å². The smallest absolute Gasteiger partial charge is 0.251 e. The van der Waals surface area contributed by atoms with Gasteiger partial charge in [0.25, 0.3) is 5.91 Å². The third-order valence-electron chi connectivity index (χ3n) is 8.05. The number of aromatic nitrogens is 1. The summed E-state index contributed by atoms with van der Waals surface area (Å²) in [7, 11) is 1.70. The Morgan fingerprint density at radius 2 is 1.77 bits per heavy atom. The highest BCUT2D eigenvalue weighted by molar-refractivity contribution is 5.97. The van der Waals surface area contributed by atoms with Crippen molar-refractivity contribution in [2.75, 3.05) is 31.6 Å².